The second-order valence-corrected chi connectivity index (χ2v) is 5.72. The van der Waals surface area contributed by atoms with Crippen molar-refractivity contribution in [3.63, 3.8) is 0 Å². The fourth-order valence-electron chi connectivity index (χ4n) is 2.71. The number of rotatable bonds is 3. The van der Waals surface area contributed by atoms with Crippen molar-refractivity contribution >= 4 is 5.91 Å². The molecule has 5 nitrogen and oxygen atoms in total. The van der Waals surface area contributed by atoms with Gasteiger partial charge in [0, 0.05) is 13.2 Å². The number of nitrogens with one attached hydrogen (secondary N) is 2. The minimum atomic E-state index is -0.489. The van der Waals surface area contributed by atoms with Crippen molar-refractivity contribution in [1.82, 2.24) is 10.6 Å². The molecule has 1 atom stereocenters. The first kappa shape index (κ1) is 13.8. The maximum atomic E-state index is 12.4. The monoisotopic (exact) mass is 256 g/mol. The molecule has 2 aliphatic rings. The van der Waals surface area contributed by atoms with Crippen molar-refractivity contribution in [3.8, 4) is 0 Å². The zero-order valence-electron chi connectivity index (χ0n) is 11.1. The molecule has 1 unspecified atom stereocenters. The van der Waals surface area contributed by atoms with Gasteiger partial charge in [0.2, 0.25) is 5.91 Å². The molecular weight excluding hydrogens is 232 g/mol. The van der Waals surface area contributed by atoms with E-state index >= 15 is 0 Å². The van der Waals surface area contributed by atoms with E-state index in [1.54, 1.807) is 0 Å². The quantitative estimate of drug-likeness (QED) is 0.673. The molecule has 0 aliphatic carbocycles. The number of aliphatic hydroxyl groups is 1. The molecular formula is C13H24N2O3. The number of hydrogen-bond donors (Lipinski definition) is 3. The van der Waals surface area contributed by atoms with Crippen LogP contribution < -0.4 is 10.6 Å². The molecule has 18 heavy (non-hydrogen) atoms. The van der Waals surface area contributed by atoms with Gasteiger partial charge in [0.15, 0.2) is 0 Å². The van der Waals surface area contributed by atoms with E-state index in [9.17, 15) is 9.90 Å². The highest BCUT2D eigenvalue weighted by atomic mass is 16.5. The predicted octanol–water partition coefficient (Wildman–Crippen LogP) is 0.176. The molecule has 104 valence electrons. The van der Waals surface area contributed by atoms with Gasteiger partial charge in [-0.05, 0) is 45.6 Å². The lowest BCUT2D eigenvalue weighted by Crippen LogP contribution is -2.64. The summed E-state index contributed by atoms with van der Waals surface area (Å²) in [6.07, 6.45) is 4.43. The van der Waals surface area contributed by atoms with Gasteiger partial charge >= 0.3 is 0 Å². The molecule has 2 rings (SSSR count). The van der Waals surface area contributed by atoms with Crippen molar-refractivity contribution in [2.24, 2.45) is 0 Å². The smallest absolute Gasteiger partial charge is 0.240 e. The Kier molecular flexibility index (Phi) is 4.25. The van der Waals surface area contributed by atoms with Gasteiger partial charge < -0.3 is 20.5 Å². The minimum absolute atomic E-state index is 0.0122. The van der Waals surface area contributed by atoms with Crippen LogP contribution in [0.4, 0.5) is 0 Å². The van der Waals surface area contributed by atoms with Crippen molar-refractivity contribution in [3.05, 3.63) is 0 Å². The Morgan fingerprint density at radius 2 is 2.06 bits per heavy atom. The average Bonchev–Trinajstić information content (AvgIpc) is 2.40. The zero-order chi connectivity index (χ0) is 13.1. The van der Waals surface area contributed by atoms with Crippen molar-refractivity contribution in [2.45, 2.75) is 50.1 Å². The highest BCUT2D eigenvalue weighted by molar-refractivity contribution is 5.86. The molecule has 5 heteroatoms. The topological polar surface area (TPSA) is 70.6 Å². The molecule has 0 saturated carbocycles. The fraction of sp³-hybridized carbons (Fsp3) is 0.923. The van der Waals surface area contributed by atoms with Crippen LogP contribution in [0.1, 0.15) is 39.0 Å². The fourth-order valence-corrected chi connectivity index (χ4v) is 2.71. The van der Waals surface area contributed by atoms with Gasteiger partial charge in [-0.15, -0.1) is 0 Å². The Morgan fingerprint density at radius 1 is 1.33 bits per heavy atom. The third kappa shape index (κ3) is 2.84. The summed E-state index contributed by atoms with van der Waals surface area (Å²) in [5.74, 6) is 0.0122. The van der Waals surface area contributed by atoms with Crippen LogP contribution >= 0.6 is 0 Å². The third-order valence-electron chi connectivity index (χ3n) is 4.25. The SMILES string of the molecule is CC1(C(=O)NC2(CO)CCOCC2)CCCCN1. The molecule has 2 fully saturated rings. The van der Waals surface area contributed by atoms with Crippen LogP contribution in [-0.2, 0) is 9.53 Å². The number of aliphatic hydroxyl groups excluding tert-OH is 1. The summed E-state index contributed by atoms with van der Waals surface area (Å²) in [7, 11) is 0. The van der Waals surface area contributed by atoms with E-state index in [-0.39, 0.29) is 12.5 Å². The maximum Gasteiger partial charge on any atom is 0.240 e. The van der Waals surface area contributed by atoms with E-state index in [1.807, 2.05) is 6.92 Å². The van der Waals surface area contributed by atoms with Gasteiger partial charge in [-0.3, -0.25) is 4.79 Å². The highest BCUT2D eigenvalue weighted by Crippen LogP contribution is 2.24. The van der Waals surface area contributed by atoms with Crippen LogP contribution in [0.25, 0.3) is 0 Å². The number of hydrogen-bond acceptors (Lipinski definition) is 4. The summed E-state index contributed by atoms with van der Waals surface area (Å²) >= 11 is 0. The molecule has 0 bridgehead atoms. The van der Waals surface area contributed by atoms with Crippen molar-refractivity contribution < 1.29 is 14.6 Å². The van der Waals surface area contributed by atoms with E-state index in [0.717, 1.165) is 25.8 Å². The second kappa shape index (κ2) is 5.55. The number of carbonyl (C=O) groups excluding carboxylic acids is 1. The Labute approximate surface area is 108 Å². The van der Waals surface area contributed by atoms with Gasteiger partial charge in [-0.1, -0.05) is 0 Å². The normalized spacial score (nSPS) is 31.9. The Hall–Kier alpha value is -0.650. The molecule has 0 aromatic heterocycles. The third-order valence-corrected chi connectivity index (χ3v) is 4.25. The van der Waals surface area contributed by atoms with Gasteiger partial charge in [0.05, 0.1) is 17.7 Å². The first-order chi connectivity index (χ1) is 8.60. The summed E-state index contributed by atoms with van der Waals surface area (Å²) in [5.41, 5.74) is -0.976. The van der Waals surface area contributed by atoms with E-state index in [4.69, 9.17) is 4.74 Å². The number of carbonyl (C=O) groups is 1. The molecule has 2 aliphatic heterocycles. The molecule has 0 aromatic rings. The summed E-state index contributed by atoms with van der Waals surface area (Å²) in [6, 6.07) is 0. The molecule has 0 spiro atoms. The van der Waals surface area contributed by atoms with Gasteiger partial charge in [-0.25, -0.2) is 0 Å². The number of ether oxygens (including phenoxy) is 1. The molecule has 2 heterocycles. The molecule has 0 radical (unpaired) electrons. The second-order valence-electron chi connectivity index (χ2n) is 5.72. The molecule has 3 N–H and O–H groups in total. The summed E-state index contributed by atoms with van der Waals surface area (Å²) in [6.45, 7) is 4.03. The van der Waals surface area contributed by atoms with Gasteiger partial charge in [-0.2, -0.15) is 0 Å². The zero-order valence-corrected chi connectivity index (χ0v) is 11.1. The van der Waals surface area contributed by atoms with Crippen LogP contribution in [0, 0.1) is 0 Å². The average molecular weight is 256 g/mol. The van der Waals surface area contributed by atoms with Gasteiger partial charge in [0.25, 0.3) is 0 Å². The molecule has 1 amide bonds. The van der Waals surface area contributed by atoms with Crippen LogP contribution in [0.2, 0.25) is 0 Å². The van der Waals surface area contributed by atoms with E-state index < -0.39 is 11.1 Å². The Bertz CT molecular complexity index is 295. The van der Waals surface area contributed by atoms with E-state index in [0.29, 0.717) is 26.1 Å². The predicted molar refractivity (Wildman–Crippen MR) is 68.3 cm³/mol. The van der Waals surface area contributed by atoms with Crippen LogP contribution in [0.5, 0.6) is 0 Å². The van der Waals surface area contributed by atoms with Crippen LogP contribution in [0.15, 0.2) is 0 Å². The van der Waals surface area contributed by atoms with Crippen LogP contribution in [-0.4, -0.2) is 48.5 Å². The lowest BCUT2D eigenvalue weighted by molar-refractivity contribution is -0.132. The maximum absolute atomic E-state index is 12.4. The molecule has 0 aromatic carbocycles. The Balaban J connectivity index is 2.00. The first-order valence-corrected chi connectivity index (χ1v) is 6.87. The molecule has 2 saturated heterocycles. The van der Waals surface area contributed by atoms with Crippen molar-refractivity contribution in [2.75, 3.05) is 26.4 Å². The number of amides is 1. The summed E-state index contributed by atoms with van der Waals surface area (Å²) < 4.78 is 5.30. The minimum Gasteiger partial charge on any atom is -0.394 e. The lowest BCUT2D eigenvalue weighted by Gasteiger charge is -2.41. The largest absolute Gasteiger partial charge is 0.394 e. The number of piperidine rings is 1. The summed E-state index contributed by atoms with van der Waals surface area (Å²) in [5, 5.41) is 15.9. The van der Waals surface area contributed by atoms with Gasteiger partial charge in [0.1, 0.15) is 0 Å². The Morgan fingerprint density at radius 3 is 2.61 bits per heavy atom. The summed E-state index contributed by atoms with van der Waals surface area (Å²) in [4.78, 5) is 12.4. The highest BCUT2D eigenvalue weighted by Gasteiger charge is 2.40. The first-order valence-electron chi connectivity index (χ1n) is 6.87. The van der Waals surface area contributed by atoms with E-state index in [1.165, 1.54) is 0 Å². The standard InChI is InChI=1S/C13H24N2O3/c1-12(4-2-3-7-14-12)11(17)15-13(10-16)5-8-18-9-6-13/h14,16H,2-10H2,1H3,(H,15,17). The lowest BCUT2D eigenvalue weighted by atomic mass is 9.86. The van der Waals surface area contributed by atoms with Crippen molar-refractivity contribution in [1.29, 1.82) is 0 Å². The van der Waals surface area contributed by atoms with Crippen LogP contribution in [0.3, 0.4) is 0 Å². The van der Waals surface area contributed by atoms with E-state index in [2.05, 4.69) is 10.6 Å².